The van der Waals surface area contributed by atoms with E-state index in [0.717, 1.165) is 0 Å². The van der Waals surface area contributed by atoms with Gasteiger partial charge in [-0.25, -0.2) is 0 Å². The van der Waals surface area contributed by atoms with Gasteiger partial charge in [0.05, 0.1) is 0 Å². The van der Waals surface area contributed by atoms with E-state index in [1.165, 1.54) is 129 Å². The van der Waals surface area contributed by atoms with Crippen LogP contribution >= 0.6 is 0 Å². The van der Waals surface area contributed by atoms with Crippen molar-refractivity contribution in [2.75, 3.05) is 52.4 Å². The van der Waals surface area contributed by atoms with Crippen LogP contribution < -0.4 is 0 Å². The minimum Gasteiger partial charge on any atom is -0.298 e. The fourth-order valence-electron chi connectivity index (χ4n) is 6.26. The molecule has 48 heavy (non-hydrogen) atoms. The van der Waals surface area contributed by atoms with Gasteiger partial charge in [0.1, 0.15) is 0 Å². The average Bonchev–Trinajstić information content (AvgIpc) is 3.49. The Kier molecular flexibility index (Phi) is 35.9. The summed E-state index contributed by atoms with van der Waals surface area (Å²) in [5, 5.41) is 0. The predicted octanol–water partition coefficient (Wildman–Crippen LogP) is 13.2. The van der Waals surface area contributed by atoms with Crippen LogP contribution in [0.5, 0.6) is 0 Å². The second-order valence-electron chi connectivity index (χ2n) is 16.9. The maximum Gasteiger partial charge on any atom is 0.0125 e. The number of nitrogens with zero attached hydrogens (tertiary/aromatic N) is 4. The minimum atomic E-state index is 0.393. The van der Waals surface area contributed by atoms with Crippen molar-refractivity contribution in [3.63, 3.8) is 0 Å². The fourth-order valence-corrected chi connectivity index (χ4v) is 6.26. The highest BCUT2D eigenvalue weighted by atomic mass is 15.2. The van der Waals surface area contributed by atoms with Gasteiger partial charge in [0.15, 0.2) is 0 Å². The Hall–Kier alpha value is -0.160. The zero-order valence-corrected chi connectivity index (χ0v) is 37.9. The Morgan fingerprint density at radius 2 is 0.312 bits per heavy atom. The zero-order valence-electron chi connectivity index (χ0n) is 37.9. The summed E-state index contributed by atoms with van der Waals surface area (Å²) in [5.41, 5.74) is 1.61. The Labute approximate surface area is 308 Å². The molecule has 4 aliphatic rings. The third kappa shape index (κ3) is 29.6. The maximum atomic E-state index is 2.61. The second-order valence-corrected chi connectivity index (χ2v) is 16.9. The fraction of sp³-hybridized carbons (Fsp3) is 1.00. The molecule has 0 unspecified atom stereocenters. The summed E-state index contributed by atoms with van der Waals surface area (Å²) in [4.78, 5) is 10.3. The first-order valence-electron chi connectivity index (χ1n) is 21.4. The molecule has 4 heterocycles. The molecule has 0 spiro atoms. The van der Waals surface area contributed by atoms with E-state index in [2.05, 4.69) is 103 Å². The first-order chi connectivity index (χ1) is 22.4. The Bertz CT molecular complexity index is 578. The van der Waals surface area contributed by atoms with Gasteiger partial charge in [-0.05, 0) is 187 Å². The standard InChI is InChI=1S/C10H21N.2C9H19N.C8H17N.4C2H6/c1-10(2,3)11-8-6-4-5-7-9-11;2*1-9(2,3)10-7-5-4-6-8-10;1-8(2,3)9-6-4-5-7-9;4*1-2/h4-9H2,1-3H3;2*4-8H2,1-3H3;4-7H2,1-3H3;4*1-2H3. The van der Waals surface area contributed by atoms with E-state index >= 15 is 0 Å². The molecule has 0 aromatic heterocycles. The largest absolute Gasteiger partial charge is 0.298 e. The van der Waals surface area contributed by atoms with Crippen LogP contribution in [0.4, 0.5) is 0 Å². The van der Waals surface area contributed by atoms with Crippen molar-refractivity contribution in [2.45, 2.75) is 238 Å². The van der Waals surface area contributed by atoms with Crippen molar-refractivity contribution < 1.29 is 0 Å². The summed E-state index contributed by atoms with van der Waals surface area (Å²) in [6, 6.07) is 0. The molecule has 4 rings (SSSR count). The van der Waals surface area contributed by atoms with Crippen LogP contribution in [0.1, 0.15) is 216 Å². The van der Waals surface area contributed by atoms with E-state index in [-0.39, 0.29) is 0 Å². The van der Waals surface area contributed by atoms with Crippen molar-refractivity contribution in [3.05, 3.63) is 0 Å². The van der Waals surface area contributed by atoms with E-state index in [9.17, 15) is 0 Å². The zero-order chi connectivity index (χ0) is 38.5. The molecule has 0 amide bonds. The van der Waals surface area contributed by atoms with Crippen LogP contribution in [0.3, 0.4) is 0 Å². The molecule has 4 saturated heterocycles. The molecule has 0 radical (unpaired) electrons. The second kappa shape index (κ2) is 31.6. The van der Waals surface area contributed by atoms with Gasteiger partial charge in [-0.2, -0.15) is 0 Å². The molecule has 0 bridgehead atoms. The van der Waals surface area contributed by atoms with Crippen LogP contribution in [-0.4, -0.2) is 94.1 Å². The van der Waals surface area contributed by atoms with Gasteiger partial charge in [0, 0.05) is 22.2 Å². The van der Waals surface area contributed by atoms with E-state index in [1.54, 1.807) is 0 Å². The SMILES string of the molecule is CC.CC.CC.CC.CC(C)(C)N1CCCC1.CC(C)(C)N1CCCCC1.CC(C)(C)N1CCCCC1.CC(C)(C)N1CCCCCC1. The van der Waals surface area contributed by atoms with Gasteiger partial charge in [0.2, 0.25) is 0 Å². The van der Waals surface area contributed by atoms with Crippen LogP contribution in [0, 0.1) is 0 Å². The van der Waals surface area contributed by atoms with Crippen LogP contribution in [0.15, 0.2) is 0 Å². The molecule has 4 nitrogen and oxygen atoms in total. The van der Waals surface area contributed by atoms with Crippen molar-refractivity contribution in [1.82, 2.24) is 19.6 Å². The molecule has 296 valence electrons. The van der Waals surface area contributed by atoms with Gasteiger partial charge in [-0.1, -0.05) is 81.1 Å². The van der Waals surface area contributed by atoms with Gasteiger partial charge >= 0.3 is 0 Å². The van der Waals surface area contributed by atoms with Gasteiger partial charge in [-0.3, -0.25) is 19.6 Å². The number of hydrogen-bond donors (Lipinski definition) is 0. The van der Waals surface area contributed by atoms with E-state index in [0.29, 0.717) is 22.2 Å². The Balaban J connectivity index is -0.000000251. The third-order valence-electron chi connectivity index (χ3n) is 9.22. The normalized spacial score (nSPS) is 19.8. The highest BCUT2D eigenvalue weighted by molar-refractivity contribution is 4.81. The molecule has 0 N–H and O–H groups in total. The topological polar surface area (TPSA) is 13.0 Å². The first-order valence-corrected chi connectivity index (χ1v) is 21.4. The summed E-state index contributed by atoms with van der Waals surface area (Å²) < 4.78 is 0. The molecule has 0 aromatic carbocycles. The summed E-state index contributed by atoms with van der Waals surface area (Å²) in [7, 11) is 0. The van der Waals surface area contributed by atoms with Crippen molar-refractivity contribution in [3.8, 4) is 0 Å². The average molecular weight is 685 g/mol. The summed E-state index contributed by atoms with van der Waals surface area (Å²) in [5.74, 6) is 0. The molecule has 4 fully saturated rings. The molecule has 0 atom stereocenters. The van der Waals surface area contributed by atoms with Gasteiger partial charge in [-0.15, -0.1) is 0 Å². The molecule has 4 aliphatic heterocycles. The number of rotatable bonds is 0. The summed E-state index contributed by atoms with van der Waals surface area (Å²) >= 11 is 0. The highest BCUT2D eigenvalue weighted by Gasteiger charge is 2.24. The van der Waals surface area contributed by atoms with Crippen molar-refractivity contribution >= 4 is 0 Å². The molecular weight excluding hydrogens is 585 g/mol. The number of likely N-dealkylation sites (tertiary alicyclic amines) is 4. The lowest BCUT2D eigenvalue weighted by Crippen LogP contribution is -2.44. The molecular formula is C44H100N4. The van der Waals surface area contributed by atoms with Crippen LogP contribution in [0.2, 0.25) is 0 Å². The lowest BCUT2D eigenvalue weighted by molar-refractivity contribution is 0.110. The summed E-state index contributed by atoms with van der Waals surface area (Å²) in [6.07, 6.45) is 16.9. The van der Waals surface area contributed by atoms with E-state index in [4.69, 9.17) is 0 Å². The van der Waals surface area contributed by atoms with Gasteiger partial charge in [0.25, 0.3) is 0 Å². The molecule has 0 saturated carbocycles. The summed E-state index contributed by atoms with van der Waals surface area (Å²) in [6.45, 7) is 54.1. The Morgan fingerprint density at radius 3 is 0.438 bits per heavy atom. The molecule has 0 aromatic rings. The van der Waals surface area contributed by atoms with Gasteiger partial charge < -0.3 is 0 Å². The smallest absolute Gasteiger partial charge is 0.0125 e. The lowest BCUT2D eigenvalue weighted by atomic mass is 10.0. The van der Waals surface area contributed by atoms with Crippen molar-refractivity contribution in [2.24, 2.45) is 0 Å². The Morgan fingerprint density at radius 1 is 0.208 bits per heavy atom. The maximum absolute atomic E-state index is 2.61. The quantitative estimate of drug-likeness (QED) is 0.252. The minimum absolute atomic E-state index is 0.393. The van der Waals surface area contributed by atoms with Crippen molar-refractivity contribution in [1.29, 1.82) is 0 Å². The number of piperidine rings is 2. The van der Waals surface area contributed by atoms with Crippen LogP contribution in [-0.2, 0) is 0 Å². The number of hydrogen-bond acceptors (Lipinski definition) is 4. The third-order valence-corrected chi connectivity index (χ3v) is 9.22. The van der Waals surface area contributed by atoms with Crippen LogP contribution in [0.25, 0.3) is 0 Å². The van der Waals surface area contributed by atoms with E-state index in [1.807, 2.05) is 55.4 Å². The lowest BCUT2D eigenvalue weighted by Gasteiger charge is -2.38. The highest BCUT2D eigenvalue weighted by Crippen LogP contribution is 2.21. The monoisotopic (exact) mass is 685 g/mol. The molecule has 4 heteroatoms. The van der Waals surface area contributed by atoms with E-state index < -0.39 is 0 Å². The predicted molar refractivity (Wildman–Crippen MR) is 226 cm³/mol. The molecule has 0 aliphatic carbocycles. The first kappa shape index (κ1) is 54.6.